The van der Waals surface area contributed by atoms with Gasteiger partial charge in [-0.25, -0.2) is 4.79 Å². The summed E-state index contributed by atoms with van der Waals surface area (Å²) in [6.07, 6.45) is 0. The minimum Gasteiger partial charge on any atom is -0.451 e. The van der Waals surface area contributed by atoms with Crippen molar-refractivity contribution < 1.29 is 19.2 Å². The fourth-order valence-electron chi connectivity index (χ4n) is 1.52. The maximum Gasteiger partial charge on any atom is 0.348 e. The Bertz CT molecular complexity index is 731. The van der Waals surface area contributed by atoms with Gasteiger partial charge in [0, 0.05) is 17.8 Å². The van der Waals surface area contributed by atoms with Crippen LogP contribution in [-0.4, -0.2) is 23.4 Å². The Morgan fingerprint density at radius 3 is 2.73 bits per heavy atom. The summed E-state index contributed by atoms with van der Waals surface area (Å²) in [5.41, 5.74) is 0.0949. The van der Waals surface area contributed by atoms with Crippen molar-refractivity contribution in [2.24, 2.45) is 0 Å². The predicted octanol–water partition coefficient (Wildman–Crippen LogP) is 3.11. The number of halogens is 1. The number of rotatable bonds is 5. The molecule has 0 bridgehead atoms. The number of benzene rings is 1. The Morgan fingerprint density at radius 2 is 2.09 bits per heavy atom. The zero-order chi connectivity index (χ0) is 16.1. The van der Waals surface area contributed by atoms with Gasteiger partial charge in [-0.1, -0.05) is 17.7 Å². The summed E-state index contributed by atoms with van der Waals surface area (Å²) in [5, 5.41) is 13.0. The molecule has 0 aliphatic rings. The van der Waals surface area contributed by atoms with Crippen LogP contribution in [0.1, 0.15) is 9.67 Å². The molecule has 7 nitrogen and oxygen atoms in total. The lowest BCUT2D eigenvalue weighted by atomic mass is 10.3. The van der Waals surface area contributed by atoms with Gasteiger partial charge in [0.2, 0.25) is 0 Å². The quantitative estimate of drug-likeness (QED) is 0.512. The number of carbonyl (C=O) groups excluding carboxylic acids is 2. The molecule has 1 aromatic heterocycles. The van der Waals surface area contributed by atoms with E-state index < -0.39 is 23.4 Å². The van der Waals surface area contributed by atoms with Gasteiger partial charge in [0.05, 0.1) is 9.26 Å². The Hall–Kier alpha value is -2.45. The third-order valence-corrected chi connectivity index (χ3v) is 3.66. The van der Waals surface area contributed by atoms with Crippen molar-refractivity contribution in [1.82, 2.24) is 0 Å². The Morgan fingerprint density at radius 1 is 1.32 bits per heavy atom. The SMILES string of the molecule is O=C(COC(=O)c1ccc(Cl)s1)Nc1cccc([N+](=O)[O-])c1. The van der Waals surface area contributed by atoms with E-state index in [0.717, 1.165) is 11.3 Å². The van der Waals surface area contributed by atoms with Crippen LogP contribution in [0.15, 0.2) is 36.4 Å². The summed E-state index contributed by atoms with van der Waals surface area (Å²) < 4.78 is 5.26. The molecule has 114 valence electrons. The number of esters is 1. The molecule has 1 amide bonds. The Kier molecular flexibility index (Phi) is 5.08. The lowest BCUT2D eigenvalue weighted by molar-refractivity contribution is -0.384. The molecule has 0 aliphatic carbocycles. The smallest absolute Gasteiger partial charge is 0.348 e. The zero-order valence-electron chi connectivity index (χ0n) is 10.9. The van der Waals surface area contributed by atoms with Gasteiger partial charge in [0.25, 0.3) is 11.6 Å². The van der Waals surface area contributed by atoms with E-state index in [0.29, 0.717) is 4.34 Å². The number of nitro groups is 1. The number of hydrogen-bond acceptors (Lipinski definition) is 6. The maximum atomic E-state index is 11.7. The van der Waals surface area contributed by atoms with Crippen molar-refractivity contribution in [3.63, 3.8) is 0 Å². The molecule has 0 atom stereocenters. The third kappa shape index (κ3) is 4.27. The molecule has 0 saturated carbocycles. The first kappa shape index (κ1) is 15.9. The average Bonchev–Trinajstić information content (AvgIpc) is 2.91. The lowest BCUT2D eigenvalue weighted by Gasteiger charge is -2.05. The minimum atomic E-state index is -0.661. The fraction of sp³-hybridized carbons (Fsp3) is 0.0769. The number of anilines is 1. The molecule has 0 radical (unpaired) electrons. The van der Waals surface area contributed by atoms with Crippen LogP contribution in [0.25, 0.3) is 0 Å². The highest BCUT2D eigenvalue weighted by atomic mass is 35.5. The Balaban J connectivity index is 1.89. The van der Waals surface area contributed by atoms with Crippen LogP contribution >= 0.6 is 22.9 Å². The van der Waals surface area contributed by atoms with Crippen LogP contribution in [0.3, 0.4) is 0 Å². The monoisotopic (exact) mass is 340 g/mol. The van der Waals surface area contributed by atoms with Crippen molar-refractivity contribution in [2.75, 3.05) is 11.9 Å². The van der Waals surface area contributed by atoms with Gasteiger partial charge in [-0.15, -0.1) is 11.3 Å². The van der Waals surface area contributed by atoms with Gasteiger partial charge >= 0.3 is 5.97 Å². The summed E-state index contributed by atoms with van der Waals surface area (Å²) in [6, 6.07) is 8.48. The van der Waals surface area contributed by atoms with E-state index in [1.54, 1.807) is 6.07 Å². The van der Waals surface area contributed by atoms with Crippen molar-refractivity contribution in [1.29, 1.82) is 0 Å². The summed E-state index contributed by atoms with van der Waals surface area (Å²) in [5.74, 6) is -1.26. The average molecular weight is 341 g/mol. The first-order valence-corrected chi connectivity index (χ1v) is 7.12. The number of hydrogen-bond donors (Lipinski definition) is 1. The Labute approximate surface area is 133 Å². The van der Waals surface area contributed by atoms with Crippen molar-refractivity contribution in [2.45, 2.75) is 0 Å². The minimum absolute atomic E-state index is 0.150. The molecular formula is C13H9ClN2O5S. The van der Waals surface area contributed by atoms with Gasteiger partial charge in [0.15, 0.2) is 6.61 Å². The van der Waals surface area contributed by atoms with E-state index in [-0.39, 0.29) is 16.3 Å². The summed E-state index contributed by atoms with van der Waals surface area (Å²) >= 11 is 6.73. The van der Waals surface area contributed by atoms with Gasteiger partial charge in [-0.05, 0) is 18.2 Å². The highest BCUT2D eigenvalue weighted by Crippen LogP contribution is 2.22. The van der Waals surface area contributed by atoms with E-state index >= 15 is 0 Å². The molecule has 0 unspecified atom stereocenters. The molecule has 1 N–H and O–H groups in total. The molecule has 0 aliphatic heterocycles. The van der Waals surface area contributed by atoms with Crippen LogP contribution in [0.5, 0.6) is 0 Å². The number of carbonyl (C=O) groups is 2. The van der Waals surface area contributed by atoms with E-state index in [1.165, 1.54) is 30.3 Å². The normalized spacial score (nSPS) is 10.0. The topological polar surface area (TPSA) is 98.5 Å². The summed E-state index contributed by atoms with van der Waals surface area (Å²) in [7, 11) is 0. The first-order valence-electron chi connectivity index (χ1n) is 5.92. The number of amides is 1. The maximum absolute atomic E-state index is 11.7. The van der Waals surface area contributed by atoms with E-state index in [2.05, 4.69) is 5.32 Å². The van der Waals surface area contributed by atoms with Crippen molar-refractivity contribution in [3.05, 3.63) is 55.7 Å². The van der Waals surface area contributed by atoms with Gasteiger partial charge in [0.1, 0.15) is 4.88 Å². The zero-order valence-corrected chi connectivity index (χ0v) is 12.5. The molecular weight excluding hydrogens is 332 g/mol. The molecule has 2 rings (SSSR count). The molecule has 9 heteroatoms. The molecule has 1 aromatic carbocycles. The second-order valence-corrected chi connectivity index (χ2v) is 5.75. The number of non-ortho nitro benzene ring substituents is 1. The van der Waals surface area contributed by atoms with Gasteiger partial charge in [-0.2, -0.15) is 0 Å². The number of nitrogens with one attached hydrogen (secondary N) is 1. The van der Waals surface area contributed by atoms with E-state index in [9.17, 15) is 19.7 Å². The third-order valence-electron chi connectivity index (χ3n) is 2.45. The largest absolute Gasteiger partial charge is 0.451 e. The first-order chi connectivity index (χ1) is 10.5. The molecule has 1 heterocycles. The van der Waals surface area contributed by atoms with Crippen molar-refractivity contribution >= 4 is 46.2 Å². The molecule has 0 saturated heterocycles. The number of thiophene rings is 1. The second-order valence-electron chi connectivity index (χ2n) is 4.04. The molecule has 22 heavy (non-hydrogen) atoms. The van der Waals surface area contributed by atoms with Crippen LogP contribution in [0.2, 0.25) is 4.34 Å². The number of nitrogens with zero attached hydrogens (tertiary/aromatic N) is 1. The van der Waals surface area contributed by atoms with Crippen LogP contribution in [0.4, 0.5) is 11.4 Å². The lowest BCUT2D eigenvalue weighted by Crippen LogP contribution is -2.20. The van der Waals surface area contributed by atoms with E-state index in [4.69, 9.17) is 16.3 Å². The van der Waals surface area contributed by atoms with Crippen LogP contribution < -0.4 is 5.32 Å². The number of ether oxygens (including phenoxy) is 1. The van der Waals surface area contributed by atoms with Crippen molar-refractivity contribution in [3.8, 4) is 0 Å². The summed E-state index contributed by atoms with van der Waals surface area (Å²) in [4.78, 5) is 33.6. The molecule has 2 aromatic rings. The molecule has 0 fully saturated rings. The van der Waals surface area contributed by atoms with Gasteiger partial charge < -0.3 is 10.1 Å². The molecule has 0 spiro atoms. The highest BCUT2D eigenvalue weighted by molar-refractivity contribution is 7.17. The van der Waals surface area contributed by atoms with Crippen LogP contribution in [-0.2, 0) is 9.53 Å². The summed E-state index contributed by atoms with van der Waals surface area (Å²) in [6.45, 7) is -0.503. The highest BCUT2D eigenvalue weighted by Gasteiger charge is 2.13. The van der Waals surface area contributed by atoms with E-state index in [1.807, 2.05) is 0 Å². The van der Waals surface area contributed by atoms with Crippen LogP contribution in [0, 0.1) is 10.1 Å². The number of nitro benzene ring substituents is 1. The fourth-order valence-corrected chi connectivity index (χ4v) is 2.46. The van der Waals surface area contributed by atoms with Gasteiger partial charge in [-0.3, -0.25) is 14.9 Å². The predicted molar refractivity (Wildman–Crippen MR) is 81.3 cm³/mol. The second kappa shape index (κ2) is 7.01. The standard InChI is InChI=1S/C13H9ClN2O5S/c14-11-5-4-10(22-11)13(18)21-7-12(17)15-8-2-1-3-9(6-8)16(19)20/h1-6H,7H2,(H,15,17).